The van der Waals surface area contributed by atoms with Crippen LogP contribution >= 0.6 is 11.6 Å². The standard InChI is InChI=1S/C12H12ClF2N3O/c1-2-16-10(19)6-18-9(5-13)17-8-4-3-7(14)11(15)12(8)18/h3-4H,2,5-6H2,1H3,(H,16,19). The van der Waals surface area contributed by atoms with Gasteiger partial charge < -0.3 is 9.88 Å². The summed E-state index contributed by atoms with van der Waals surface area (Å²) in [5.41, 5.74) is 0.237. The van der Waals surface area contributed by atoms with E-state index in [9.17, 15) is 13.6 Å². The van der Waals surface area contributed by atoms with Crippen LogP contribution in [0.15, 0.2) is 12.1 Å². The highest BCUT2D eigenvalue weighted by Gasteiger charge is 2.18. The van der Waals surface area contributed by atoms with Gasteiger partial charge in [0.1, 0.15) is 17.9 Å². The largest absolute Gasteiger partial charge is 0.355 e. The zero-order valence-corrected chi connectivity index (χ0v) is 11.0. The molecule has 4 nitrogen and oxygen atoms in total. The van der Waals surface area contributed by atoms with Crippen molar-refractivity contribution in [2.24, 2.45) is 0 Å². The highest BCUT2D eigenvalue weighted by Crippen LogP contribution is 2.22. The number of carbonyl (C=O) groups excluding carboxylic acids is 1. The number of nitrogens with one attached hydrogen (secondary N) is 1. The summed E-state index contributed by atoms with van der Waals surface area (Å²) < 4.78 is 28.4. The van der Waals surface area contributed by atoms with Crippen LogP contribution in [0.3, 0.4) is 0 Å². The van der Waals surface area contributed by atoms with Crippen molar-refractivity contribution in [3.05, 3.63) is 29.6 Å². The van der Waals surface area contributed by atoms with Gasteiger partial charge in [0.25, 0.3) is 0 Å². The van der Waals surface area contributed by atoms with E-state index >= 15 is 0 Å². The molecule has 102 valence electrons. The lowest BCUT2D eigenvalue weighted by atomic mass is 10.3. The molecule has 19 heavy (non-hydrogen) atoms. The highest BCUT2D eigenvalue weighted by atomic mass is 35.5. The topological polar surface area (TPSA) is 46.9 Å². The van der Waals surface area contributed by atoms with Gasteiger partial charge in [-0.2, -0.15) is 0 Å². The van der Waals surface area contributed by atoms with Gasteiger partial charge in [-0.3, -0.25) is 4.79 Å². The monoisotopic (exact) mass is 287 g/mol. The number of benzene rings is 1. The minimum atomic E-state index is -1.02. The van der Waals surface area contributed by atoms with Crippen molar-refractivity contribution in [1.82, 2.24) is 14.9 Å². The van der Waals surface area contributed by atoms with Crippen molar-refractivity contribution < 1.29 is 13.6 Å². The van der Waals surface area contributed by atoms with Gasteiger partial charge in [0.2, 0.25) is 5.91 Å². The second-order valence-electron chi connectivity index (χ2n) is 3.93. The van der Waals surface area contributed by atoms with Crippen molar-refractivity contribution in [2.75, 3.05) is 6.54 Å². The Morgan fingerprint density at radius 2 is 2.21 bits per heavy atom. The van der Waals surface area contributed by atoms with Gasteiger partial charge in [0.05, 0.1) is 11.4 Å². The number of carbonyl (C=O) groups is 1. The molecule has 1 amide bonds. The van der Waals surface area contributed by atoms with Crippen molar-refractivity contribution in [3.8, 4) is 0 Å². The summed E-state index contributed by atoms with van der Waals surface area (Å²) in [7, 11) is 0. The minimum Gasteiger partial charge on any atom is -0.355 e. The molecule has 2 aromatic rings. The molecule has 0 radical (unpaired) electrons. The first-order valence-corrected chi connectivity index (χ1v) is 6.27. The molecule has 0 aliphatic rings. The number of alkyl halides is 1. The van der Waals surface area contributed by atoms with E-state index in [0.717, 1.165) is 6.07 Å². The van der Waals surface area contributed by atoms with Crippen molar-refractivity contribution in [1.29, 1.82) is 0 Å². The third kappa shape index (κ3) is 2.53. The van der Waals surface area contributed by atoms with Gasteiger partial charge in [0.15, 0.2) is 11.6 Å². The number of aromatic nitrogens is 2. The third-order valence-corrected chi connectivity index (χ3v) is 2.91. The van der Waals surface area contributed by atoms with E-state index in [4.69, 9.17) is 11.6 Å². The number of rotatable bonds is 4. The maximum Gasteiger partial charge on any atom is 0.240 e. The molecule has 0 unspecified atom stereocenters. The molecule has 0 saturated heterocycles. The zero-order valence-electron chi connectivity index (χ0n) is 10.2. The van der Waals surface area contributed by atoms with Crippen LogP contribution in [0.4, 0.5) is 8.78 Å². The first-order valence-electron chi connectivity index (χ1n) is 5.74. The summed E-state index contributed by atoms with van der Waals surface area (Å²) >= 11 is 5.72. The van der Waals surface area contributed by atoms with Crippen molar-refractivity contribution in [2.45, 2.75) is 19.3 Å². The first kappa shape index (κ1) is 13.7. The average molecular weight is 288 g/mol. The molecule has 0 fully saturated rings. The fourth-order valence-electron chi connectivity index (χ4n) is 1.87. The fraction of sp³-hybridized carbons (Fsp3) is 0.333. The molecule has 1 heterocycles. The van der Waals surface area contributed by atoms with Crippen molar-refractivity contribution >= 4 is 28.5 Å². The number of halogens is 3. The number of likely N-dealkylation sites (N-methyl/N-ethyl adjacent to an activating group) is 1. The molecule has 0 atom stereocenters. The van der Waals surface area contributed by atoms with Crippen LogP contribution < -0.4 is 5.32 Å². The lowest BCUT2D eigenvalue weighted by Crippen LogP contribution is -2.27. The van der Waals surface area contributed by atoms with E-state index < -0.39 is 11.6 Å². The van der Waals surface area contributed by atoms with Crippen LogP contribution in [0.5, 0.6) is 0 Å². The zero-order chi connectivity index (χ0) is 14.0. The Morgan fingerprint density at radius 3 is 2.84 bits per heavy atom. The Bertz CT molecular complexity index is 627. The summed E-state index contributed by atoms with van der Waals surface area (Å²) in [6.07, 6.45) is 0. The summed E-state index contributed by atoms with van der Waals surface area (Å²) in [6, 6.07) is 2.36. The molecule has 0 saturated carbocycles. The van der Waals surface area contributed by atoms with E-state index in [2.05, 4.69) is 10.3 Å². The predicted molar refractivity (Wildman–Crippen MR) is 67.9 cm³/mol. The van der Waals surface area contributed by atoms with Crippen LogP contribution in [0.25, 0.3) is 11.0 Å². The molecule has 1 N–H and O–H groups in total. The number of fused-ring (bicyclic) bond motifs is 1. The number of nitrogens with zero attached hydrogens (tertiary/aromatic N) is 2. The maximum atomic E-state index is 13.8. The summed E-state index contributed by atoms with van der Waals surface area (Å²) in [5.74, 6) is -1.98. The SMILES string of the molecule is CCNC(=O)Cn1c(CCl)nc2ccc(F)c(F)c21. The first-order chi connectivity index (χ1) is 9.08. The summed E-state index contributed by atoms with van der Waals surface area (Å²) in [6.45, 7) is 2.08. The Balaban J connectivity index is 2.56. The number of imidazole rings is 1. The molecule has 0 aliphatic heterocycles. The molecule has 0 aliphatic carbocycles. The lowest BCUT2D eigenvalue weighted by Gasteiger charge is -2.08. The van der Waals surface area contributed by atoms with Crippen LogP contribution in [0.2, 0.25) is 0 Å². The number of amides is 1. The van der Waals surface area contributed by atoms with Crippen LogP contribution in [-0.4, -0.2) is 22.0 Å². The van der Waals surface area contributed by atoms with Gasteiger partial charge >= 0.3 is 0 Å². The van der Waals surface area contributed by atoms with Crippen molar-refractivity contribution in [3.63, 3.8) is 0 Å². The van der Waals surface area contributed by atoms with E-state index in [1.54, 1.807) is 6.92 Å². The Labute approximate surface area is 113 Å². The molecule has 7 heteroatoms. The molecular formula is C12H12ClF2N3O. The van der Waals surface area contributed by atoms with Crippen LogP contribution in [0.1, 0.15) is 12.7 Å². The van der Waals surface area contributed by atoms with E-state index in [0.29, 0.717) is 12.4 Å². The fourth-order valence-corrected chi connectivity index (χ4v) is 2.08. The summed E-state index contributed by atoms with van der Waals surface area (Å²) in [5, 5.41) is 2.59. The highest BCUT2D eigenvalue weighted by molar-refractivity contribution is 6.16. The second kappa shape index (κ2) is 5.52. The molecule has 1 aromatic heterocycles. The van der Waals surface area contributed by atoms with Gasteiger partial charge in [-0.15, -0.1) is 11.6 Å². The minimum absolute atomic E-state index is 0.00907. The Kier molecular flexibility index (Phi) is 3.99. The van der Waals surface area contributed by atoms with E-state index in [1.165, 1.54) is 10.6 Å². The molecular weight excluding hydrogens is 276 g/mol. The number of hydrogen-bond donors (Lipinski definition) is 1. The van der Waals surface area contributed by atoms with E-state index in [-0.39, 0.29) is 29.4 Å². The second-order valence-corrected chi connectivity index (χ2v) is 4.20. The van der Waals surface area contributed by atoms with Crippen LogP contribution in [0, 0.1) is 11.6 Å². The Hall–Kier alpha value is -1.69. The van der Waals surface area contributed by atoms with Gasteiger partial charge in [0, 0.05) is 6.54 Å². The van der Waals surface area contributed by atoms with Crippen LogP contribution in [-0.2, 0) is 17.2 Å². The molecule has 1 aromatic carbocycles. The summed E-state index contributed by atoms with van der Waals surface area (Å²) in [4.78, 5) is 15.7. The van der Waals surface area contributed by atoms with Gasteiger partial charge in [-0.05, 0) is 19.1 Å². The van der Waals surface area contributed by atoms with Gasteiger partial charge in [-0.1, -0.05) is 0 Å². The Morgan fingerprint density at radius 1 is 1.47 bits per heavy atom. The smallest absolute Gasteiger partial charge is 0.240 e. The maximum absolute atomic E-state index is 13.8. The number of hydrogen-bond acceptors (Lipinski definition) is 2. The third-order valence-electron chi connectivity index (χ3n) is 2.67. The average Bonchev–Trinajstić information content (AvgIpc) is 2.73. The molecule has 0 bridgehead atoms. The quantitative estimate of drug-likeness (QED) is 0.876. The lowest BCUT2D eigenvalue weighted by molar-refractivity contribution is -0.121. The van der Waals surface area contributed by atoms with Gasteiger partial charge in [-0.25, -0.2) is 13.8 Å². The normalized spacial score (nSPS) is 10.9. The van der Waals surface area contributed by atoms with E-state index in [1.807, 2.05) is 0 Å². The predicted octanol–water partition coefficient (Wildman–Crippen LogP) is 2.19. The molecule has 0 spiro atoms. The molecule has 2 rings (SSSR count).